The van der Waals surface area contributed by atoms with Crippen molar-refractivity contribution in [2.75, 3.05) is 38.5 Å². The molecule has 0 aromatic heterocycles. The number of nitrogens with zero attached hydrogens (tertiary/aromatic N) is 2. The fourth-order valence-corrected chi connectivity index (χ4v) is 8.60. The van der Waals surface area contributed by atoms with Gasteiger partial charge in [0, 0.05) is 24.2 Å². The molecule has 2 aromatic rings. The maximum absolute atomic E-state index is 13.2. The maximum atomic E-state index is 13.2. The van der Waals surface area contributed by atoms with Gasteiger partial charge >= 0.3 is 29.6 Å². The van der Waals surface area contributed by atoms with E-state index in [1.165, 1.54) is 42.1 Å². The summed E-state index contributed by atoms with van der Waals surface area (Å²) in [5.74, 6) is -4.99. The molecule has 3 aliphatic rings. The Hall–Kier alpha value is -2.83. The molecule has 1 unspecified atom stereocenters. The van der Waals surface area contributed by atoms with Gasteiger partial charge in [-0.15, -0.1) is 11.8 Å². The number of thioether (sulfide) groups is 1. The molecule has 0 radical (unpaired) electrons. The summed E-state index contributed by atoms with van der Waals surface area (Å²) in [4.78, 5) is 52.3. The van der Waals surface area contributed by atoms with Crippen LogP contribution in [0.15, 0.2) is 53.7 Å². The Morgan fingerprint density at radius 1 is 1.11 bits per heavy atom. The van der Waals surface area contributed by atoms with Crippen LogP contribution in [0.1, 0.15) is 34.0 Å². The summed E-state index contributed by atoms with van der Waals surface area (Å²) in [6.07, 6.45) is 1.72. The van der Waals surface area contributed by atoms with Crippen LogP contribution in [0.3, 0.4) is 0 Å². The number of carboxylic acid groups (broad SMARTS) is 1. The zero-order valence-electron chi connectivity index (χ0n) is 25.2. The quantitative estimate of drug-likeness (QED) is 0.0597. The minimum absolute atomic E-state index is 0. The molecule has 5 rings (SSSR count). The van der Waals surface area contributed by atoms with E-state index >= 15 is 0 Å². The van der Waals surface area contributed by atoms with E-state index in [2.05, 4.69) is 10.6 Å². The summed E-state index contributed by atoms with van der Waals surface area (Å²) >= 11 is 7.20. The Balaban J connectivity index is 0.00000500. The van der Waals surface area contributed by atoms with Crippen LogP contribution in [-0.2, 0) is 24.5 Å². The first-order valence-corrected chi connectivity index (χ1v) is 17.2. The van der Waals surface area contributed by atoms with Gasteiger partial charge in [-0.2, -0.15) is 0 Å². The first kappa shape index (κ1) is 37.0. The zero-order chi connectivity index (χ0) is 33.4. The van der Waals surface area contributed by atoms with Gasteiger partial charge in [-0.1, -0.05) is 41.9 Å². The number of carbonyl (C=O) groups is 4. The number of hydrogen-bond acceptors (Lipinski definition) is 11. The van der Waals surface area contributed by atoms with Crippen LogP contribution in [0.4, 0.5) is 0 Å². The van der Waals surface area contributed by atoms with Gasteiger partial charge in [0.15, 0.2) is 16.7 Å². The monoisotopic (exact) mass is 716 g/mol. The number of phenols is 2. The maximum Gasteiger partial charge on any atom is 1.00 e. The molecule has 3 aliphatic heterocycles. The number of benzene rings is 2. The number of halogens is 1. The molecule has 3 heterocycles. The third-order valence-electron chi connectivity index (χ3n) is 8.42. The van der Waals surface area contributed by atoms with E-state index in [1.807, 2.05) is 0 Å². The Bertz CT molecular complexity index is 1720. The number of carbonyl (C=O) groups excluding carboxylic acids is 4. The molecule has 14 nitrogen and oxygen atoms in total. The summed E-state index contributed by atoms with van der Waals surface area (Å²) in [5.41, 5.74) is 0.0497. The van der Waals surface area contributed by atoms with Gasteiger partial charge in [0.25, 0.3) is 11.8 Å². The molecule has 2 aromatic carbocycles. The molecular formula is C29H30ClN4NaO10S2. The van der Waals surface area contributed by atoms with Crippen molar-refractivity contribution in [3.8, 4) is 11.5 Å². The van der Waals surface area contributed by atoms with Gasteiger partial charge < -0.3 is 39.8 Å². The Morgan fingerprint density at radius 3 is 2.38 bits per heavy atom. The predicted molar refractivity (Wildman–Crippen MR) is 162 cm³/mol. The van der Waals surface area contributed by atoms with Gasteiger partial charge in [0.1, 0.15) is 28.1 Å². The number of phenolic OH excluding ortho intramolecular Hbond substituents is 2. The van der Waals surface area contributed by atoms with Gasteiger partial charge in [0.2, 0.25) is 5.91 Å². The van der Waals surface area contributed by atoms with Crippen molar-refractivity contribution in [3.05, 3.63) is 69.9 Å². The van der Waals surface area contributed by atoms with Crippen LogP contribution >= 0.6 is 23.4 Å². The average molecular weight is 717 g/mol. The van der Waals surface area contributed by atoms with Crippen molar-refractivity contribution >= 4 is 57.2 Å². The number of β-lactam (4-membered cyclic amide) rings is 1. The fourth-order valence-electron chi connectivity index (χ4n) is 6.20. The predicted octanol–water partition coefficient (Wildman–Crippen LogP) is -3.21. The van der Waals surface area contributed by atoms with Gasteiger partial charge in [0.05, 0.1) is 48.4 Å². The topological polar surface area (TPSA) is 216 Å². The van der Waals surface area contributed by atoms with Gasteiger partial charge in [-0.3, -0.25) is 19.3 Å². The number of quaternary nitrogens is 1. The van der Waals surface area contributed by atoms with Crippen LogP contribution < -0.4 is 45.3 Å². The SMILES string of the molecule is O=C([O-])C1=C(C[N+]2(CCNC(=O)c3ccc(O)c(O)c3Cl)CCCC2)CS[C@@H]2[C@H](NC(=O)C(c3ccccc3)S(=O)(=O)[O-])C(=O)N12.[Na+]. The summed E-state index contributed by atoms with van der Waals surface area (Å²) in [5, 5.41) is 33.7. The number of rotatable bonds is 11. The molecule has 246 valence electrons. The number of likely N-dealkylation sites (tertiary alicyclic amines) is 1. The van der Waals surface area contributed by atoms with Crippen LogP contribution in [0.25, 0.3) is 0 Å². The molecule has 47 heavy (non-hydrogen) atoms. The van der Waals surface area contributed by atoms with Gasteiger partial charge in [-0.05, 0) is 17.7 Å². The van der Waals surface area contributed by atoms with Crippen molar-refractivity contribution in [2.45, 2.75) is 29.5 Å². The normalized spacial score (nSPS) is 20.8. The number of hydrogen-bond donors (Lipinski definition) is 4. The second-order valence-corrected chi connectivity index (χ2v) is 14.3. The Morgan fingerprint density at radius 2 is 1.77 bits per heavy atom. The molecule has 3 atom stereocenters. The summed E-state index contributed by atoms with van der Waals surface area (Å²) < 4.78 is 36.3. The number of fused-ring (bicyclic) bond motifs is 1. The smallest absolute Gasteiger partial charge is 0.747 e. The number of amides is 3. The van der Waals surface area contributed by atoms with E-state index in [0.29, 0.717) is 29.7 Å². The Kier molecular flexibility index (Phi) is 11.6. The molecule has 18 heteroatoms. The first-order valence-electron chi connectivity index (χ1n) is 14.3. The fraction of sp³-hybridized carbons (Fsp3) is 0.379. The number of aromatic hydroxyl groups is 2. The minimum atomic E-state index is -5.15. The zero-order valence-corrected chi connectivity index (χ0v) is 29.6. The number of nitrogens with one attached hydrogen (secondary N) is 2. The molecule has 3 amide bonds. The molecule has 2 fully saturated rings. The molecule has 0 aliphatic carbocycles. The van der Waals surface area contributed by atoms with E-state index in [4.69, 9.17) is 11.6 Å². The molecule has 0 bridgehead atoms. The largest absolute Gasteiger partial charge is 1.00 e. The van der Waals surface area contributed by atoms with Crippen LogP contribution in [0.5, 0.6) is 11.5 Å². The number of carboxylic acids is 1. The second-order valence-electron chi connectivity index (χ2n) is 11.3. The van der Waals surface area contributed by atoms with Crippen molar-refractivity contribution in [1.29, 1.82) is 0 Å². The van der Waals surface area contributed by atoms with Crippen molar-refractivity contribution < 1.29 is 81.5 Å². The van der Waals surface area contributed by atoms with E-state index in [-0.39, 0.29) is 70.2 Å². The number of aliphatic carboxylic acids is 1. The molecule has 4 N–H and O–H groups in total. The standard InChI is InChI=1S/C29H31ClN4O10S2.Na/c30-20-18(8-9-19(35)23(20)36)25(37)31-10-13-34(11-4-5-12-34)14-17-15-45-28-21(27(39)33(28)22(17)29(40)41)32-26(38)24(46(42,43)44)16-6-2-1-3-7-16;/h1-3,6-9,21,24,28H,4-5,10-15H2,(H5-,31,32,35,36,37,38,40,41,42,43,44);/q;+1/p-1/t21-,24?,28-;/m1./s1. The molecule has 2 saturated heterocycles. The first-order chi connectivity index (χ1) is 21.7. The second kappa shape index (κ2) is 14.7. The molecule has 0 spiro atoms. The van der Waals surface area contributed by atoms with Crippen molar-refractivity contribution in [3.63, 3.8) is 0 Å². The summed E-state index contributed by atoms with van der Waals surface area (Å²) in [7, 11) is -5.15. The summed E-state index contributed by atoms with van der Waals surface area (Å²) in [6, 6.07) is 8.30. The summed E-state index contributed by atoms with van der Waals surface area (Å²) in [6.45, 7) is 2.23. The van der Waals surface area contributed by atoms with E-state index < -0.39 is 62.0 Å². The van der Waals surface area contributed by atoms with E-state index in [9.17, 15) is 47.5 Å². The third-order valence-corrected chi connectivity index (χ3v) is 11.2. The van der Waals surface area contributed by atoms with Gasteiger partial charge in [-0.25, -0.2) is 8.42 Å². The van der Waals surface area contributed by atoms with Crippen LogP contribution in [0, 0.1) is 0 Å². The van der Waals surface area contributed by atoms with Crippen LogP contribution in [0.2, 0.25) is 5.02 Å². The molecule has 0 saturated carbocycles. The minimum Gasteiger partial charge on any atom is -0.747 e. The molecular weight excluding hydrogens is 687 g/mol. The van der Waals surface area contributed by atoms with Crippen molar-refractivity contribution in [1.82, 2.24) is 15.5 Å². The average Bonchev–Trinajstić information content (AvgIpc) is 3.46. The van der Waals surface area contributed by atoms with Crippen molar-refractivity contribution in [2.24, 2.45) is 0 Å². The van der Waals surface area contributed by atoms with E-state index in [1.54, 1.807) is 6.07 Å². The van der Waals surface area contributed by atoms with Crippen LogP contribution in [-0.4, -0.2) is 106 Å². The third kappa shape index (κ3) is 7.59. The Labute approximate surface area is 301 Å². The van der Waals surface area contributed by atoms with E-state index in [0.717, 1.165) is 23.8 Å².